The standard InChI is InChI=1S/C25H20F2N2O3S/c1-15-10-21(24(26)27)29-25(20(15)13-28)33-14-18-11-16(7-9-23(18)32-2)6-8-22(31)17-4-3-5-19(30)12-17/h3-12,24,30H,14H2,1-2H3/b8-6+. The lowest BCUT2D eigenvalue weighted by Gasteiger charge is -2.12. The molecule has 0 atom stereocenters. The minimum absolute atomic E-state index is 0.00880. The van der Waals surface area contributed by atoms with E-state index in [1.54, 1.807) is 37.3 Å². The molecule has 168 valence electrons. The third-order valence-electron chi connectivity index (χ3n) is 4.77. The Balaban J connectivity index is 1.84. The molecular weight excluding hydrogens is 446 g/mol. The number of thioether (sulfide) groups is 1. The van der Waals surface area contributed by atoms with Crippen molar-refractivity contribution in [2.75, 3.05) is 7.11 Å². The van der Waals surface area contributed by atoms with Gasteiger partial charge in [-0.2, -0.15) is 5.26 Å². The molecular formula is C25H20F2N2O3S. The molecule has 33 heavy (non-hydrogen) atoms. The number of ketones is 1. The molecule has 0 fully saturated rings. The van der Waals surface area contributed by atoms with Crippen LogP contribution in [0.25, 0.3) is 6.08 Å². The fourth-order valence-electron chi connectivity index (χ4n) is 3.11. The molecule has 2 aromatic carbocycles. The number of phenols is 1. The van der Waals surface area contributed by atoms with Crippen molar-refractivity contribution in [2.45, 2.75) is 24.1 Å². The van der Waals surface area contributed by atoms with Crippen molar-refractivity contribution in [3.05, 3.63) is 88.1 Å². The van der Waals surface area contributed by atoms with Crippen LogP contribution in [0.4, 0.5) is 8.78 Å². The maximum Gasteiger partial charge on any atom is 0.280 e. The molecule has 0 bridgehead atoms. The fourth-order valence-corrected chi connectivity index (χ4v) is 4.15. The Bertz CT molecular complexity index is 1250. The van der Waals surface area contributed by atoms with E-state index in [1.165, 1.54) is 43.1 Å². The van der Waals surface area contributed by atoms with E-state index in [1.807, 2.05) is 12.1 Å². The normalized spacial score (nSPS) is 11.0. The zero-order valence-electron chi connectivity index (χ0n) is 17.9. The zero-order valence-corrected chi connectivity index (χ0v) is 18.7. The molecule has 0 saturated carbocycles. The Hall–Kier alpha value is -3.70. The molecule has 0 saturated heterocycles. The van der Waals surface area contributed by atoms with E-state index < -0.39 is 6.43 Å². The summed E-state index contributed by atoms with van der Waals surface area (Å²) in [5.41, 5.74) is 2.17. The van der Waals surface area contributed by atoms with Gasteiger partial charge in [-0.25, -0.2) is 13.8 Å². The molecule has 3 rings (SSSR count). The largest absolute Gasteiger partial charge is 0.508 e. The van der Waals surface area contributed by atoms with Gasteiger partial charge in [-0.1, -0.05) is 24.3 Å². The van der Waals surface area contributed by atoms with Crippen LogP contribution in [0.3, 0.4) is 0 Å². The summed E-state index contributed by atoms with van der Waals surface area (Å²) in [6.07, 6.45) is 0.307. The number of hydrogen-bond donors (Lipinski definition) is 1. The van der Waals surface area contributed by atoms with Gasteiger partial charge in [-0.3, -0.25) is 4.79 Å². The second-order valence-electron chi connectivity index (χ2n) is 7.06. The van der Waals surface area contributed by atoms with Gasteiger partial charge >= 0.3 is 0 Å². The Labute approximate surface area is 194 Å². The van der Waals surface area contributed by atoms with Crippen LogP contribution < -0.4 is 4.74 Å². The number of pyridine rings is 1. The Morgan fingerprint density at radius 3 is 2.73 bits per heavy atom. The minimum atomic E-state index is -2.73. The molecule has 0 aliphatic carbocycles. The number of nitrogens with zero attached hydrogens (tertiary/aromatic N) is 2. The number of aromatic hydroxyl groups is 1. The van der Waals surface area contributed by atoms with E-state index in [0.29, 0.717) is 22.6 Å². The SMILES string of the molecule is COc1ccc(/C=C/C(=O)c2cccc(O)c2)cc1CSc1nc(C(F)F)cc(C)c1C#N. The van der Waals surface area contributed by atoms with Crippen LogP contribution in [0.1, 0.15) is 44.7 Å². The number of carbonyl (C=O) groups is 1. The highest BCUT2D eigenvalue weighted by atomic mass is 32.2. The first kappa shape index (κ1) is 24.0. The molecule has 0 spiro atoms. The van der Waals surface area contributed by atoms with Gasteiger partial charge in [0, 0.05) is 16.9 Å². The summed E-state index contributed by atoms with van der Waals surface area (Å²) >= 11 is 1.17. The van der Waals surface area contributed by atoms with Crippen LogP contribution in [-0.2, 0) is 5.75 Å². The van der Waals surface area contributed by atoms with Crippen LogP contribution in [-0.4, -0.2) is 23.0 Å². The number of ether oxygens (including phenoxy) is 1. The monoisotopic (exact) mass is 466 g/mol. The second kappa shape index (κ2) is 10.7. The molecule has 1 heterocycles. The first-order valence-corrected chi connectivity index (χ1v) is 10.8. The van der Waals surface area contributed by atoms with Crippen molar-refractivity contribution in [3.8, 4) is 17.6 Å². The molecule has 1 aromatic heterocycles. The van der Waals surface area contributed by atoms with Crippen LogP contribution >= 0.6 is 11.8 Å². The van der Waals surface area contributed by atoms with Crippen molar-refractivity contribution >= 4 is 23.6 Å². The number of carbonyl (C=O) groups excluding carboxylic acids is 1. The summed E-state index contributed by atoms with van der Waals surface area (Å²) < 4.78 is 31.7. The molecule has 3 aromatic rings. The van der Waals surface area contributed by atoms with Gasteiger partial charge in [0.15, 0.2) is 5.78 Å². The van der Waals surface area contributed by atoms with E-state index in [0.717, 1.165) is 11.1 Å². The topological polar surface area (TPSA) is 83.2 Å². The highest BCUT2D eigenvalue weighted by Gasteiger charge is 2.17. The van der Waals surface area contributed by atoms with Gasteiger partial charge in [0.2, 0.25) is 0 Å². The van der Waals surface area contributed by atoms with Gasteiger partial charge in [0.05, 0.1) is 12.7 Å². The zero-order chi connectivity index (χ0) is 24.0. The van der Waals surface area contributed by atoms with E-state index in [-0.39, 0.29) is 27.8 Å². The van der Waals surface area contributed by atoms with Gasteiger partial charge in [-0.15, -0.1) is 11.8 Å². The van der Waals surface area contributed by atoms with Crippen molar-refractivity contribution < 1.29 is 23.4 Å². The number of aromatic nitrogens is 1. The number of hydrogen-bond acceptors (Lipinski definition) is 6. The predicted molar refractivity (Wildman–Crippen MR) is 123 cm³/mol. The predicted octanol–water partition coefficient (Wildman–Crippen LogP) is 6.10. The number of benzene rings is 2. The summed E-state index contributed by atoms with van der Waals surface area (Å²) in [5, 5.41) is 19.2. The van der Waals surface area contributed by atoms with Crippen LogP contribution in [0.15, 0.2) is 59.6 Å². The highest BCUT2D eigenvalue weighted by molar-refractivity contribution is 7.98. The van der Waals surface area contributed by atoms with Gasteiger partial charge in [0.25, 0.3) is 6.43 Å². The summed E-state index contributed by atoms with van der Waals surface area (Å²) in [6, 6.07) is 14.7. The van der Waals surface area contributed by atoms with Crippen LogP contribution in [0.5, 0.6) is 11.5 Å². The highest BCUT2D eigenvalue weighted by Crippen LogP contribution is 2.32. The van der Waals surface area contributed by atoms with Crippen molar-refractivity contribution in [1.29, 1.82) is 5.26 Å². The average molecular weight is 467 g/mol. The third kappa shape index (κ3) is 5.96. The van der Waals surface area contributed by atoms with Crippen molar-refractivity contribution in [1.82, 2.24) is 4.98 Å². The minimum Gasteiger partial charge on any atom is -0.508 e. The Morgan fingerprint density at radius 1 is 1.27 bits per heavy atom. The summed E-state index contributed by atoms with van der Waals surface area (Å²) in [4.78, 5) is 16.3. The average Bonchev–Trinajstić information content (AvgIpc) is 2.80. The number of methoxy groups -OCH3 is 1. The number of nitriles is 1. The number of aryl methyl sites for hydroxylation is 1. The third-order valence-corrected chi connectivity index (χ3v) is 5.79. The Kier molecular flexibility index (Phi) is 7.80. The van der Waals surface area contributed by atoms with Gasteiger partial charge < -0.3 is 9.84 Å². The number of phenolic OH excluding ortho intramolecular Hbond substituents is 1. The number of rotatable bonds is 8. The molecule has 8 heteroatoms. The fraction of sp³-hybridized carbons (Fsp3) is 0.160. The number of allylic oxidation sites excluding steroid dienone is 1. The maximum absolute atomic E-state index is 13.2. The van der Waals surface area contributed by atoms with E-state index >= 15 is 0 Å². The summed E-state index contributed by atoms with van der Waals surface area (Å²) in [6.45, 7) is 1.60. The van der Waals surface area contributed by atoms with E-state index in [9.17, 15) is 23.9 Å². The Morgan fingerprint density at radius 2 is 2.06 bits per heavy atom. The van der Waals surface area contributed by atoms with Crippen LogP contribution in [0.2, 0.25) is 0 Å². The van der Waals surface area contributed by atoms with Crippen molar-refractivity contribution in [2.24, 2.45) is 0 Å². The number of alkyl halides is 2. The molecule has 0 aliphatic rings. The molecule has 0 unspecified atom stereocenters. The molecule has 0 radical (unpaired) electrons. The van der Waals surface area contributed by atoms with Crippen LogP contribution in [0, 0.1) is 18.3 Å². The lowest BCUT2D eigenvalue weighted by Crippen LogP contribution is -1.99. The lowest BCUT2D eigenvalue weighted by molar-refractivity contribution is 0.104. The quantitative estimate of drug-likeness (QED) is 0.245. The molecule has 5 nitrogen and oxygen atoms in total. The molecule has 0 aliphatic heterocycles. The smallest absolute Gasteiger partial charge is 0.280 e. The first-order chi connectivity index (χ1) is 15.8. The molecule has 0 amide bonds. The summed E-state index contributed by atoms with van der Waals surface area (Å²) in [7, 11) is 1.52. The van der Waals surface area contributed by atoms with E-state index in [2.05, 4.69) is 4.98 Å². The van der Waals surface area contributed by atoms with Crippen molar-refractivity contribution in [3.63, 3.8) is 0 Å². The maximum atomic E-state index is 13.2. The summed E-state index contributed by atoms with van der Waals surface area (Å²) in [5.74, 6) is 0.646. The van der Waals surface area contributed by atoms with Gasteiger partial charge in [-0.05, 0) is 54.5 Å². The molecule has 1 N–H and O–H groups in total. The first-order valence-electron chi connectivity index (χ1n) is 9.83. The number of halogens is 2. The second-order valence-corrected chi connectivity index (χ2v) is 8.03. The lowest BCUT2D eigenvalue weighted by atomic mass is 10.1. The van der Waals surface area contributed by atoms with E-state index in [4.69, 9.17) is 4.74 Å². The van der Waals surface area contributed by atoms with Gasteiger partial charge in [0.1, 0.15) is 28.3 Å².